The largest absolute Gasteiger partial charge is 0.404 e. The van der Waals surface area contributed by atoms with Gasteiger partial charge in [-0.3, -0.25) is 4.98 Å². The number of nitrogens with zero attached hydrogens (tertiary/aromatic N) is 2. The number of benzene rings is 2. The van der Waals surface area contributed by atoms with Crippen molar-refractivity contribution in [2.24, 2.45) is 5.73 Å². The molecule has 1 aliphatic heterocycles. The molecule has 0 amide bonds. The molecule has 6 heteroatoms. The summed E-state index contributed by atoms with van der Waals surface area (Å²) in [7, 11) is 4.11. The second kappa shape index (κ2) is 9.84. The predicted octanol–water partition coefficient (Wildman–Crippen LogP) is 6.03. The second-order valence-electron chi connectivity index (χ2n) is 9.45. The predicted molar refractivity (Wildman–Crippen MR) is 148 cm³/mol. The summed E-state index contributed by atoms with van der Waals surface area (Å²) in [5.41, 5.74) is 16.2. The molecule has 0 saturated heterocycles. The van der Waals surface area contributed by atoms with E-state index in [9.17, 15) is 4.39 Å². The maximum absolute atomic E-state index is 13.9. The van der Waals surface area contributed by atoms with Crippen LogP contribution in [0.4, 0.5) is 10.1 Å². The Bertz CT molecular complexity index is 1520. The van der Waals surface area contributed by atoms with Crippen molar-refractivity contribution >= 4 is 27.7 Å². The van der Waals surface area contributed by atoms with Gasteiger partial charge in [0.05, 0.1) is 11.7 Å². The number of H-pyrrole nitrogens is 1. The van der Waals surface area contributed by atoms with Crippen molar-refractivity contribution in [1.82, 2.24) is 14.9 Å². The molecule has 4 aromatic rings. The first-order chi connectivity index (χ1) is 17.4. The highest BCUT2D eigenvalue weighted by atomic mass is 19.1. The van der Waals surface area contributed by atoms with Gasteiger partial charge in [0.15, 0.2) is 0 Å². The molecule has 5 rings (SSSR count). The van der Waals surface area contributed by atoms with Gasteiger partial charge < -0.3 is 20.9 Å². The van der Waals surface area contributed by atoms with Crippen molar-refractivity contribution in [3.05, 3.63) is 107 Å². The van der Waals surface area contributed by atoms with Gasteiger partial charge in [-0.25, -0.2) is 4.39 Å². The number of fused-ring (bicyclic) bond motifs is 2. The quantitative estimate of drug-likeness (QED) is 0.295. The molecule has 0 bridgehead atoms. The number of aromatic amines is 1. The zero-order chi connectivity index (χ0) is 25.2. The third kappa shape index (κ3) is 4.68. The molecule has 3 heterocycles. The van der Waals surface area contributed by atoms with Crippen molar-refractivity contribution in [2.75, 3.05) is 32.5 Å². The van der Waals surface area contributed by atoms with Crippen molar-refractivity contribution in [2.45, 2.75) is 6.92 Å². The number of rotatable bonds is 6. The number of likely N-dealkylation sites (N-methyl/N-ethyl adjacent to an activating group) is 1. The van der Waals surface area contributed by atoms with Crippen molar-refractivity contribution < 1.29 is 4.39 Å². The lowest BCUT2D eigenvalue weighted by atomic mass is 9.93. The van der Waals surface area contributed by atoms with Gasteiger partial charge in [-0.2, -0.15) is 0 Å². The third-order valence-corrected chi connectivity index (χ3v) is 6.36. The number of anilines is 1. The number of aromatic nitrogens is 2. The van der Waals surface area contributed by atoms with Crippen LogP contribution in [0.1, 0.15) is 23.7 Å². The molecule has 1 aliphatic rings. The van der Waals surface area contributed by atoms with Gasteiger partial charge in [-0.1, -0.05) is 35.9 Å². The lowest BCUT2D eigenvalue weighted by Gasteiger charge is -2.20. The van der Waals surface area contributed by atoms with Gasteiger partial charge in [-0.05, 0) is 68.1 Å². The first kappa shape index (κ1) is 23.6. The van der Waals surface area contributed by atoms with Crippen LogP contribution in [-0.4, -0.2) is 42.1 Å². The zero-order valence-corrected chi connectivity index (χ0v) is 20.8. The molecule has 0 radical (unpaired) electrons. The Kier molecular flexibility index (Phi) is 6.44. The molecule has 0 aliphatic carbocycles. The Morgan fingerprint density at radius 3 is 2.75 bits per heavy atom. The Balaban J connectivity index is 1.56. The van der Waals surface area contributed by atoms with E-state index < -0.39 is 0 Å². The maximum Gasteiger partial charge on any atom is 0.123 e. The van der Waals surface area contributed by atoms with Crippen LogP contribution >= 0.6 is 0 Å². The van der Waals surface area contributed by atoms with E-state index in [4.69, 9.17) is 5.73 Å². The lowest BCUT2D eigenvalue weighted by molar-refractivity contribution is 0.445. The number of halogens is 1. The molecule has 36 heavy (non-hydrogen) atoms. The summed E-state index contributed by atoms with van der Waals surface area (Å²) in [6.45, 7) is 3.71. The summed E-state index contributed by atoms with van der Waals surface area (Å²) in [5, 5.41) is 4.48. The van der Waals surface area contributed by atoms with E-state index in [0.29, 0.717) is 0 Å². The van der Waals surface area contributed by atoms with E-state index in [-0.39, 0.29) is 5.82 Å². The second-order valence-corrected chi connectivity index (χ2v) is 9.45. The van der Waals surface area contributed by atoms with Gasteiger partial charge >= 0.3 is 0 Å². The lowest BCUT2D eigenvalue weighted by Crippen LogP contribution is -2.14. The Labute approximate surface area is 210 Å². The highest BCUT2D eigenvalue weighted by Gasteiger charge is 2.18. The fourth-order valence-corrected chi connectivity index (χ4v) is 4.85. The molecule has 5 nitrogen and oxygen atoms in total. The number of nitrogens with one attached hydrogen (secondary N) is 2. The molecule has 0 spiro atoms. The molecule has 0 unspecified atom stereocenters. The molecule has 0 fully saturated rings. The van der Waals surface area contributed by atoms with Gasteiger partial charge in [-0.15, -0.1) is 0 Å². The van der Waals surface area contributed by atoms with Crippen LogP contribution < -0.4 is 11.1 Å². The van der Waals surface area contributed by atoms with E-state index in [2.05, 4.69) is 77.6 Å². The van der Waals surface area contributed by atoms with Crippen LogP contribution in [0.25, 0.3) is 33.2 Å². The van der Waals surface area contributed by atoms with E-state index >= 15 is 0 Å². The van der Waals surface area contributed by atoms with Crippen LogP contribution in [0.3, 0.4) is 0 Å². The topological polar surface area (TPSA) is 70.0 Å². The summed E-state index contributed by atoms with van der Waals surface area (Å²) >= 11 is 0. The fourth-order valence-electron chi connectivity index (χ4n) is 4.85. The Morgan fingerprint density at radius 1 is 1.11 bits per heavy atom. The number of nitrogens with two attached hydrogens (primary N) is 1. The molecular formula is C30H30FN5. The molecular weight excluding hydrogens is 449 g/mol. The van der Waals surface area contributed by atoms with E-state index in [1.807, 2.05) is 12.3 Å². The SMILES string of the molecule is C/C(=C\C(=C/N)c1ccc2c(c1)C(c1cc3c(-c4cccc(F)c4)cncc3[nH]1)=CCN2)CN(C)C. The number of hydrogen-bond acceptors (Lipinski definition) is 4. The van der Waals surface area contributed by atoms with Gasteiger partial charge in [0.1, 0.15) is 5.82 Å². The van der Waals surface area contributed by atoms with Crippen LogP contribution in [0, 0.1) is 5.82 Å². The van der Waals surface area contributed by atoms with Crippen molar-refractivity contribution in [1.29, 1.82) is 0 Å². The average molecular weight is 480 g/mol. The van der Waals surface area contributed by atoms with Gasteiger partial charge in [0, 0.05) is 59.0 Å². The Hall–Kier alpha value is -4.16. The summed E-state index contributed by atoms with van der Waals surface area (Å²) in [6, 6.07) is 15.2. The summed E-state index contributed by atoms with van der Waals surface area (Å²) in [5.74, 6) is -0.263. The smallest absolute Gasteiger partial charge is 0.123 e. The van der Waals surface area contributed by atoms with Crippen LogP contribution in [0.15, 0.2) is 84.8 Å². The van der Waals surface area contributed by atoms with Crippen LogP contribution in [0.5, 0.6) is 0 Å². The van der Waals surface area contributed by atoms with Gasteiger partial charge in [0.2, 0.25) is 0 Å². The highest BCUT2D eigenvalue weighted by molar-refractivity contribution is 5.99. The zero-order valence-electron chi connectivity index (χ0n) is 20.8. The highest BCUT2D eigenvalue weighted by Crippen LogP contribution is 2.37. The summed E-state index contributed by atoms with van der Waals surface area (Å²) < 4.78 is 13.9. The number of pyridine rings is 1. The first-order valence-electron chi connectivity index (χ1n) is 12.0. The fraction of sp³-hybridized carbons (Fsp3) is 0.167. The summed E-state index contributed by atoms with van der Waals surface area (Å²) in [4.78, 5) is 10.1. The first-order valence-corrected chi connectivity index (χ1v) is 12.0. The monoisotopic (exact) mass is 479 g/mol. The molecule has 182 valence electrons. The summed E-state index contributed by atoms with van der Waals surface area (Å²) in [6.07, 6.45) is 9.60. The minimum Gasteiger partial charge on any atom is -0.404 e. The van der Waals surface area contributed by atoms with Gasteiger partial charge in [0.25, 0.3) is 0 Å². The van der Waals surface area contributed by atoms with E-state index in [1.54, 1.807) is 24.5 Å². The molecule has 0 atom stereocenters. The molecule has 4 N–H and O–H groups in total. The van der Waals surface area contributed by atoms with E-state index in [1.165, 1.54) is 11.6 Å². The number of allylic oxidation sites excluding steroid dienone is 2. The number of hydrogen-bond donors (Lipinski definition) is 3. The molecule has 2 aromatic carbocycles. The molecule has 2 aromatic heterocycles. The van der Waals surface area contributed by atoms with Crippen LogP contribution in [-0.2, 0) is 0 Å². The average Bonchev–Trinajstić information content (AvgIpc) is 3.30. The maximum atomic E-state index is 13.9. The third-order valence-electron chi connectivity index (χ3n) is 6.36. The Morgan fingerprint density at radius 2 is 1.97 bits per heavy atom. The van der Waals surface area contributed by atoms with Crippen molar-refractivity contribution in [3.8, 4) is 11.1 Å². The minimum absolute atomic E-state index is 0.263. The van der Waals surface area contributed by atoms with Crippen molar-refractivity contribution in [3.63, 3.8) is 0 Å². The van der Waals surface area contributed by atoms with Crippen LogP contribution in [0.2, 0.25) is 0 Å². The normalized spacial score (nSPS) is 14.1. The molecule has 0 saturated carbocycles. The minimum atomic E-state index is -0.263. The standard InChI is InChI=1S/C30H30FN5/c1-19(18-36(2)3)11-22(15-32)20-7-8-28-25(13-20)24(9-10-34-28)29-14-26-27(16-33-17-30(26)35-29)21-5-4-6-23(31)12-21/h4-9,11-17,34-35H,10,18,32H2,1-3H3/b19-11+,22-15+. The van der Waals surface area contributed by atoms with E-state index in [0.717, 1.165) is 68.8 Å².